The minimum Gasteiger partial charge on any atom is -0.164 e. The average molecular weight is 421 g/mol. The molecule has 104 valence electrons. The fourth-order valence-electron chi connectivity index (χ4n) is 2.54. The molecule has 0 aliphatic carbocycles. The van der Waals surface area contributed by atoms with Crippen LogP contribution in [0.15, 0.2) is 0 Å². The van der Waals surface area contributed by atoms with Crippen molar-refractivity contribution < 1.29 is 0 Å². The molecule has 0 aromatic carbocycles. The van der Waals surface area contributed by atoms with E-state index in [2.05, 4.69) is 91.7 Å². The van der Waals surface area contributed by atoms with Crippen LogP contribution in [-0.2, 0) is 0 Å². The molecule has 10 heteroatoms. The molecular weight excluding hydrogens is 401 g/mol. The van der Waals surface area contributed by atoms with Gasteiger partial charge in [0.2, 0.25) is 22.1 Å². The van der Waals surface area contributed by atoms with E-state index in [-0.39, 0.29) is 0 Å². The lowest BCUT2D eigenvalue weighted by Crippen LogP contribution is -2.62. The molecule has 4 aliphatic heterocycles. The van der Waals surface area contributed by atoms with Crippen molar-refractivity contribution in [3.8, 4) is 0 Å². The first-order chi connectivity index (χ1) is 8.49. The van der Waals surface area contributed by atoms with E-state index in [0.717, 1.165) is 0 Å². The summed E-state index contributed by atoms with van der Waals surface area (Å²) in [5.41, 5.74) is -4.11. The maximum Gasteiger partial charge on any atom is 0.225 e. The average Bonchev–Trinajstić information content (AvgIpc) is 2.37. The molecule has 0 radical (unpaired) electrons. The molecule has 4 heterocycles. The Morgan fingerprint density at radius 3 is 0.722 bits per heavy atom. The minimum absolute atomic E-state index is 1.03. The fourth-order valence-corrected chi connectivity index (χ4v) is 249. The van der Waals surface area contributed by atoms with Crippen LogP contribution < -0.4 is 0 Å². The third-order valence-corrected chi connectivity index (χ3v) is 120. The molecule has 0 nitrogen and oxygen atoms in total. The van der Waals surface area contributed by atoms with Crippen LogP contribution in [-0.4, -0.2) is 22.1 Å². The van der Waals surface area contributed by atoms with Crippen LogP contribution in [0.3, 0.4) is 0 Å². The molecule has 4 saturated heterocycles. The number of rotatable bonds is 4. The zero-order chi connectivity index (χ0) is 13.1. The molecule has 0 N–H and O–H groups in total. The lowest BCUT2D eigenvalue weighted by atomic mass is 11.0. The van der Waals surface area contributed by atoms with E-state index in [1.54, 1.807) is 0 Å². The Morgan fingerprint density at radius 1 is 0.444 bits per heavy atom. The Kier molecular flexibility index (Phi) is 4.63. The summed E-state index contributed by atoms with van der Waals surface area (Å²) in [6, 6.07) is 6.14. The molecule has 0 aromatic heterocycles. The second-order valence-corrected chi connectivity index (χ2v) is 63.4. The van der Waals surface area contributed by atoms with E-state index in [1.807, 2.05) is 0 Å². The molecular formula is C8H20S6Si4. The fraction of sp³-hybridized carbons (Fsp3) is 1.00. The largest absolute Gasteiger partial charge is 0.225 e. The lowest BCUT2D eigenvalue weighted by Gasteiger charge is -2.64. The quantitative estimate of drug-likeness (QED) is 0.488. The molecule has 0 amide bonds. The summed E-state index contributed by atoms with van der Waals surface area (Å²) in [6.45, 7) is 10.1. The second kappa shape index (κ2) is 5.26. The predicted molar refractivity (Wildman–Crippen MR) is 110 cm³/mol. The summed E-state index contributed by atoms with van der Waals surface area (Å²) in [5.74, 6) is 0. The molecule has 4 aliphatic rings. The van der Waals surface area contributed by atoms with Gasteiger partial charge in [0.1, 0.15) is 0 Å². The zero-order valence-corrected chi connectivity index (χ0v) is 20.2. The third kappa shape index (κ3) is 2.36. The van der Waals surface area contributed by atoms with E-state index in [1.165, 1.54) is 24.2 Å². The Bertz CT molecular complexity index is 264. The Hall–Kier alpha value is 2.97. The summed E-state index contributed by atoms with van der Waals surface area (Å²) in [6.07, 6.45) is 0. The highest BCUT2D eigenvalue weighted by atomic mass is 33.2. The van der Waals surface area contributed by atoms with Crippen molar-refractivity contribution in [1.29, 1.82) is 0 Å². The molecule has 4 bridgehead atoms. The maximum atomic E-state index is 2.62. The third-order valence-electron chi connectivity index (χ3n) is 3.60. The Morgan fingerprint density at radius 2 is 0.611 bits per heavy atom. The molecule has 0 saturated carbocycles. The van der Waals surface area contributed by atoms with Crippen LogP contribution in [0.5, 0.6) is 0 Å². The summed E-state index contributed by atoms with van der Waals surface area (Å²) in [5, 5.41) is 0. The second-order valence-electron chi connectivity index (χ2n) is 4.76. The van der Waals surface area contributed by atoms with Crippen LogP contribution in [0.4, 0.5) is 0 Å². The van der Waals surface area contributed by atoms with Gasteiger partial charge in [-0.25, -0.2) is 0 Å². The normalized spacial score (nSPS) is 54.0. The molecule has 0 aromatic rings. The highest BCUT2D eigenvalue weighted by Gasteiger charge is 2.73. The minimum atomic E-state index is -1.03. The van der Waals surface area contributed by atoms with E-state index < -0.39 is 22.1 Å². The van der Waals surface area contributed by atoms with E-state index in [0.29, 0.717) is 0 Å². The highest BCUT2D eigenvalue weighted by molar-refractivity contribution is 9.35. The molecule has 0 atom stereocenters. The highest BCUT2D eigenvalue weighted by Crippen LogP contribution is 2.83. The van der Waals surface area contributed by atoms with Crippen molar-refractivity contribution in [2.24, 2.45) is 0 Å². The van der Waals surface area contributed by atoms with Crippen molar-refractivity contribution in [1.82, 2.24) is 0 Å². The van der Waals surface area contributed by atoms with Gasteiger partial charge in [0, 0.05) is 0 Å². The molecule has 0 spiro atoms. The number of hydrogen-bond donors (Lipinski definition) is 0. The molecule has 18 heavy (non-hydrogen) atoms. The lowest BCUT2D eigenvalue weighted by molar-refractivity contribution is 1.45. The standard InChI is InChI=1S/C8H20S6Si4/c1-5-15-9-16(6-2)12-17(7-3,10-15)14-18(8-4,11-15)13-16/h5-8H2,1-4H3. The molecule has 4 rings (SSSR count). The first-order valence-corrected chi connectivity index (χ1v) is 29.1. The topological polar surface area (TPSA) is 0 Å². The van der Waals surface area contributed by atoms with Gasteiger partial charge in [-0.15, -0.1) is 0 Å². The van der Waals surface area contributed by atoms with Gasteiger partial charge < -0.3 is 0 Å². The van der Waals surface area contributed by atoms with Crippen LogP contribution in [0.1, 0.15) is 27.7 Å². The summed E-state index contributed by atoms with van der Waals surface area (Å²) in [7, 11) is 15.7. The SMILES string of the molecule is CC[Si]12S[Si]3(CC)S[Si](CC)(S1)S[Si](CC)(S2)S3. The molecule has 0 unspecified atom stereocenters. The first-order valence-electron chi connectivity index (χ1n) is 6.69. The predicted octanol–water partition coefficient (Wildman–Crippen LogP) is 6.26. The van der Waals surface area contributed by atoms with Gasteiger partial charge >= 0.3 is 0 Å². The van der Waals surface area contributed by atoms with Crippen molar-refractivity contribution in [2.75, 3.05) is 0 Å². The zero-order valence-electron chi connectivity index (χ0n) is 11.3. The van der Waals surface area contributed by atoms with Crippen LogP contribution in [0.25, 0.3) is 0 Å². The smallest absolute Gasteiger partial charge is 0.164 e. The summed E-state index contributed by atoms with van der Waals surface area (Å²) >= 11 is 0. The molecule has 4 fully saturated rings. The van der Waals surface area contributed by atoms with Crippen molar-refractivity contribution >= 4 is 86.1 Å². The van der Waals surface area contributed by atoms with Gasteiger partial charge in [-0.1, -0.05) is 27.7 Å². The number of hydrogen-bond acceptors (Lipinski definition) is 6. The van der Waals surface area contributed by atoms with Gasteiger partial charge in [0.25, 0.3) is 0 Å². The Labute approximate surface area is 136 Å². The van der Waals surface area contributed by atoms with E-state index >= 15 is 0 Å². The van der Waals surface area contributed by atoms with E-state index in [4.69, 9.17) is 0 Å². The Balaban J connectivity index is 2.06. The van der Waals surface area contributed by atoms with Gasteiger partial charge in [0.15, 0.2) is 0 Å². The summed E-state index contributed by atoms with van der Waals surface area (Å²) in [4.78, 5) is 0. The van der Waals surface area contributed by atoms with Crippen molar-refractivity contribution in [2.45, 2.75) is 51.9 Å². The van der Waals surface area contributed by atoms with Crippen molar-refractivity contribution in [3.63, 3.8) is 0 Å². The monoisotopic (exact) mass is 420 g/mol. The van der Waals surface area contributed by atoms with Gasteiger partial charge in [0.05, 0.1) is 0 Å². The summed E-state index contributed by atoms with van der Waals surface area (Å²) < 4.78 is 0. The first kappa shape index (κ1) is 15.8. The van der Waals surface area contributed by atoms with Gasteiger partial charge in [-0.2, -0.15) is 64.0 Å². The van der Waals surface area contributed by atoms with Crippen molar-refractivity contribution in [3.05, 3.63) is 0 Å². The maximum absolute atomic E-state index is 2.62. The van der Waals surface area contributed by atoms with Crippen LogP contribution in [0, 0.1) is 0 Å². The van der Waals surface area contributed by atoms with Crippen LogP contribution >= 0.6 is 64.0 Å². The van der Waals surface area contributed by atoms with Gasteiger partial charge in [-0.3, -0.25) is 0 Å². The van der Waals surface area contributed by atoms with Gasteiger partial charge in [-0.05, 0) is 24.2 Å². The van der Waals surface area contributed by atoms with Crippen LogP contribution in [0.2, 0.25) is 24.2 Å². The van der Waals surface area contributed by atoms with E-state index in [9.17, 15) is 0 Å².